The van der Waals surface area contributed by atoms with Crippen molar-refractivity contribution in [3.63, 3.8) is 0 Å². The summed E-state index contributed by atoms with van der Waals surface area (Å²) in [6, 6.07) is -1.65. The summed E-state index contributed by atoms with van der Waals surface area (Å²) in [4.78, 5) is 10.8. The topological polar surface area (TPSA) is 49.3 Å². The maximum Gasteiger partial charge on any atom is 0.393 e. The third-order valence-electron chi connectivity index (χ3n) is 3.31. The lowest BCUT2D eigenvalue weighted by atomic mass is 9.83. The lowest BCUT2D eigenvalue weighted by Gasteiger charge is -2.35. The van der Waals surface area contributed by atoms with E-state index in [1.165, 1.54) is 0 Å². The van der Waals surface area contributed by atoms with Crippen molar-refractivity contribution in [2.24, 2.45) is 5.92 Å². The van der Waals surface area contributed by atoms with Crippen LogP contribution in [0.2, 0.25) is 0 Å². The number of aliphatic carboxylic acids is 1. The molecule has 1 saturated carbocycles. The van der Waals surface area contributed by atoms with E-state index in [1.807, 2.05) is 0 Å². The number of carboxylic acid groups (broad SMARTS) is 1. The first-order valence-corrected chi connectivity index (χ1v) is 5.91. The average molecular weight is 253 g/mol. The Labute approximate surface area is 98.4 Å². The van der Waals surface area contributed by atoms with Gasteiger partial charge in [-0.2, -0.15) is 13.2 Å². The van der Waals surface area contributed by atoms with Crippen molar-refractivity contribution < 1.29 is 23.1 Å². The Bertz CT molecular complexity index is 268. The molecule has 3 atom stereocenters. The van der Waals surface area contributed by atoms with E-state index < -0.39 is 30.1 Å². The van der Waals surface area contributed by atoms with Gasteiger partial charge in [0, 0.05) is 6.04 Å². The smallest absolute Gasteiger partial charge is 0.393 e. The van der Waals surface area contributed by atoms with Crippen molar-refractivity contribution in [1.82, 2.24) is 5.32 Å². The summed E-state index contributed by atoms with van der Waals surface area (Å²) >= 11 is 0. The van der Waals surface area contributed by atoms with Gasteiger partial charge < -0.3 is 10.4 Å². The van der Waals surface area contributed by atoms with E-state index in [4.69, 9.17) is 5.11 Å². The molecule has 0 aromatic rings. The van der Waals surface area contributed by atoms with Crippen LogP contribution in [0.4, 0.5) is 13.2 Å². The molecule has 0 heterocycles. The number of halogens is 3. The number of rotatable bonds is 4. The second kappa shape index (κ2) is 5.71. The van der Waals surface area contributed by atoms with Crippen LogP contribution in [0.1, 0.15) is 39.0 Å². The van der Waals surface area contributed by atoms with Gasteiger partial charge in [-0.15, -0.1) is 0 Å². The highest BCUT2D eigenvalue weighted by Gasteiger charge is 2.46. The van der Waals surface area contributed by atoms with Crippen LogP contribution in [0.25, 0.3) is 0 Å². The predicted octanol–water partition coefficient (Wildman–Crippen LogP) is 2.56. The Hall–Kier alpha value is -0.780. The first-order chi connectivity index (χ1) is 7.86. The van der Waals surface area contributed by atoms with Gasteiger partial charge in [-0.05, 0) is 19.3 Å². The molecule has 17 heavy (non-hydrogen) atoms. The fourth-order valence-electron chi connectivity index (χ4n) is 2.34. The minimum atomic E-state index is -4.24. The molecule has 3 nitrogen and oxygen atoms in total. The van der Waals surface area contributed by atoms with Gasteiger partial charge in [0.05, 0.1) is 5.92 Å². The van der Waals surface area contributed by atoms with Crippen LogP contribution in [-0.4, -0.2) is 29.3 Å². The van der Waals surface area contributed by atoms with Gasteiger partial charge in [0.25, 0.3) is 0 Å². The van der Waals surface area contributed by atoms with Gasteiger partial charge in [-0.1, -0.05) is 19.8 Å². The molecule has 0 radical (unpaired) electrons. The molecule has 2 N–H and O–H groups in total. The van der Waals surface area contributed by atoms with Crippen molar-refractivity contribution in [1.29, 1.82) is 0 Å². The van der Waals surface area contributed by atoms with Crippen LogP contribution in [0, 0.1) is 5.92 Å². The van der Waals surface area contributed by atoms with E-state index in [0.717, 1.165) is 6.42 Å². The number of carboxylic acids is 1. The lowest BCUT2D eigenvalue weighted by molar-refractivity contribution is -0.190. The summed E-state index contributed by atoms with van der Waals surface area (Å²) in [5.41, 5.74) is 0. The van der Waals surface area contributed by atoms with Crippen LogP contribution < -0.4 is 5.32 Å². The zero-order valence-electron chi connectivity index (χ0n) is 9.76. The normalized spacial score (nSPS) is 27.8. The third kappa shape index (κ3) is 3.87. The fraction of sp³-hybridized carbons (Fsp3) is 0.909. The van der Waals surface area contributed by atoms with E-state index in [2.05, 4.69) is 5.32 Å². The number of alkyl halides is 3. The molecule has 0 bridgehead atoms. The SMILES string of the molecule is CCC(NC1CCCCC1C(F)(F)F)C(=O)O. The maximum absolute atomic E-state index is 12.8. The minimum absolute atomic E-state index is 0.0945. The van der Waals surface area contributed by atoms with Gasteiger partial charge in [0.15, 0.2) is 0 Å². The molecular formula is C11H18F3NO2. The van der Waals surface area contributed by atoms with Gasteiger partial charge in [-0.25, -0.2) is 0 Å². The van der Waals surface area contributed by atoms with E-state index in [0.29, 0.717) is 12.8 Å². The van der Waals surface area contributed by atoms with Crippen molar-refractivity contribution in [2.75, 3.05) is 0 Å². The highest BCUT2D eigenvalue weighted by atomic mass is 19.4. The summed E-state index contributed by atoms with van der Waals surface area (Å²) in [5, 5.41) is 11.5. The fourth-order valence-corrected chi connectivity index (χ4v) is 2.34. The van der Waals surface area contributed by atoms with Crippen molar-refractivity contribution in [3.05, 3.63) is 0 Å². The number of nitrogens with one attached hydrogen (secondary N) is 1. The standard InChI is InChI=1S/C11H18F3NO2/c1-2-8(10(16)17)15-9-6-4-3-5-7(9)11(12,13)14/h7-9,15H,2-6H2,1H3,(H,16,17). The number of carbonyl (C=O) groups is 1. The summed E-state index contributed by atoms with van der Waals surface area (Å²) in [6.45, 7) is 1.65. The van der Waals surface area contributed by atoms with Crippen LogP contribution in [-0.2, 0) is 4.79 Å². The molecule has 0 spiro atoms. The maximum atomic E-state index is 12.8. The van der Waals surface area contributed by atoms with Crippen LogP contribution in [0.3, 0.4) is 0 Å². The Kier molecular flexibility index (Phi) is 4.80. The van der Waals surface area contributed by atoms with Gasteiger partial charge >= 0.3 is 12.1 Å². The molecule has 0 aromatic heterocycles. The summed E-state index contributed by atoms with van der Waals surface area (Å²) < 4.78 is 38.3. The molecule has 1 aliphatic carbocycles. The third-order valence-corrected chi connectivity index (χ3v) is 3.31. The molecule has 0 aromatic carbocycles. The Morgan fingerprint density at radius 2 is 2.00 bits per heavy atom. The van der Waals surface area contributed by atoms with E-state index in [1.54, 1.807) is 6.92 Å². The average Bonchev–Trinajstić information content (AvgIpc) is 2.24. The molecule has 0 aliphatic heterocycles. The van der Waals surface area contributed by atoms with Crippen molar-refractivity contribution >= 4 is 5.97 Å². The lowest BCUT2D eigenvalue weighted by Crippen LogP contribution is -2.51. The second-order valence-corrected chi connectivity index (χ2v) is 4.50. The Balaban J connectivity index is 2.68. The van der Waals surface area contributed by atoms with Gasteiger partial charge in [-0.3, -0.25) is 4.79 Å². The first kappa shape index (κ1) is 14.3. The molecule has 0 amide bonds. The predicted molar refractivity (Wildman–Crippen MR) is 56.7 cm³/mol. The first-order valence-electron chi connectivity index (χ1n) is 5.91. The van der Waals surface area contributed by atoms with Crippen molar-refractivity contribution in [2.45, 2.75) is 57.3 Å². The summed E-state index contributed by atoms with van der Waals surface area (Å²) in [5.74, 6) is -2.50. The van der Waals surface area contributed by atoms with Gasteiger partial charge in [0.1, 0.15) is 6.04 Å². The van der Waals surface area contributed by atoms with E-state index >= 15 is 0 Å². The molecule has 0 saturated heterocycles. The summed E-state index contributed by atoms with van der Waals surface area (Å²) in [6.07, 6.45) is -2.18. The Morgan fingerprint density at radius 1 is 1.41 bits per heavy atom. The minimum Gasteiger partial charge on any atom is -0.480 e. The quantitative estimate of drug-likeness (QED) is 0.809. The van der Waals surface area contributed by atoms with Crippen molar-refractivity contribution in [3.8, 4) is 0 Å². The zero-order valence-corrected chi connectivity index (χ0v) is 9.76. The zero-order chi connectivity index (χ0) is 13.1. The Morgan fingerprint density at radius 3 is 2.47 bits per heavy atom. The number of hydrogen-bond acceptors (Lipinski definition) is 2. The molecule has 1 fully saturated rings. The summed E-state index contributed by atoms with van der Waals surface area (Å²) in [7, 11) is 0. The van der Waals surface area contributed by atoms with Gasteiger partial charge in [0.2, 0.25) is 0 Å². The molecule has 1 aliphatic rings. The highest BCUT2D eigenvalue weighted by molar-refractivity contribution is 5.73. The largest absolute Gasteiger partial charge is 0.480 e. The van der Waals surface area contributed by atoms with E-state index in [9.17, 15) is 18.0 Å². The number of hydrogen-bond donors (Lipinski definition) is 2. The van der Waals surface area contributed by atoms with E-state index in [-0.39, 0.29) is 12.8 Å². The molecule has 3 unspecified atom stereocenters. The molecule has 6 heteroatoms. The molecular weight excluding hydrogens is 235 g/mol. The highest BCUT2D eigenvalue weighted by Crippen LogP contribution is 2.37. The molecule has 100 valence electrons. The monoisotopic (exact) mass is 253 g/mol. The van der Waals surface area contributed by atoms with Crippen LogP contribution >= 0.6 is 0 Å². The molecule has 1 rings (SSSR count). The van der Waals surface area contributed by atoms with Crippen LogP contribution in [0.5, 0.6) is 0 Å². The van der Waals surface area contributed by atoms with Crippen LogP contribution in [0.15, 0.2) is 0 Å². The second-order valence-electron chi connectivity index (χ2n) is 4.50.